The molecule has 1 aliphatic heterocycles. The van der Waals surface area contributed by atoms with Crippen LogP contribution in [0.25, 0.3) is 0 Å². The van der Waals surface area contributed by atoms with Gasteiger partial charge >= 0.3 is 12.3 Å². The van der Waals surface area contributed by atoms with E-state index in [1.807, 2.05) is 0 Å². The molecule has 1 fully saturated rings. The van der Waals surface area contributed by atoms with Crippen LogP contribution in [0.4, 0.5) is 22.0 Å². The normalized spacial score (nSPS) is 29.5. The molecule has 4 nitrogen and oxygen atoms in total. The van der Waals surface area contributed by atoms with E-state index in [0.29, 0.717) is 16.7 Å². The highest BCUT2D eigenvalue weighted by molar-refractivity contribution is 5.37. The fourth-order valence-corrected chi connectivity index (χ4v) is 3.15. The lowest BCUT2D eigenvalue weighted by Gasteiger charge is -2.60. The van der Waals surface area contributed by atoms with Gasteiger partial charge in [0, 0.05) is 0 Å². The number of hydrogen-bond donors (Lipinski definition) is 2. The third kappa shape index (κ3) is 3.21. The van der Waals surface area contributed by atoms with Crippen molar-refractivity contribution in [3.05, 3.63) is 34.9 Å². The van der Waals surface area contributed by atoms with Gasteiger partial charge in [-0.25, -0.2) is 0 Å². The van der Waals surface area contributed by atoms with Crippen molar-refractivity contribution in [2.45, 2.75) is 58.0 Å². The lowest BCUT2D eigenvalue weighted by molar-refractivity contribution is -0.415. The minimum atomic E-state index is -5.81. The van der Waals surface area contributed by atoms with Crippen LogP contribution in [0.2, 0.25) is 0 Å². The third-order valence-electron chi connectivity index (χ3n) is 5.38. The molecule has 0 radical (unpaired) electrons. The van der Waals surface area contributed by atoms with Gasteiger partial charge in [0.25, 0.3) is 0 Å². The second-order valence-electron chi connectivity index (χ2n) is 6.81. The standard InChI is InChI=1S/C17H21F5O4/c1-10-14(2,9-25-17(21,22)16(18,19)20)15(3,26-10)13-5-4-11(7-23)12(6-13)8-24/h4-6,10,23-24H,7-9H2,1-3H3. The Morgan fingerprint density at radius 1 is 1.08 bits per heavy atom. The Kier molecular flexibility index (Phi) is 5.42. The molecule has 0 spiro atoms. The second-order valence-corrected chi connectivity index (χ2v) is 6.81. The van der Waals surface area contributed by atoms with Crippen LogP contribution in [0.3, 0.4) is 0 Å². The fourth-order valence-electron chi connectivity index (χ4n) is 3.15. The lowest BCUT2D eigenvalue weighted by Crippen LogP contribution is -2.65. The molecule has 1 aromatic rings. The first kappa shape index (κ1) is 21.0. The van der Waals surface area contributed by atoms with Crippen molar-refractivity contribution in [2.75, 3.05) is 6.61 Å². The van der Waals surface area contributed by atoms with Gasteiger partial charge in [-0.2, -0.15) is 22.0 Å². The van der Waals surface area contributed by atoms with Gasteiger partial charge in [0.15, 0.2) is 0 Å². The van der Waals surface area contributed by atoms with E-state index in [2.05, 4.69) is 4.74 Å². The van der Waals surface area contributed by atoms with Gasteiger partial charge in [-0.1, -0.05) is 25.1 Å². The Bertz CT molecular complexity index is 663. The van der Waals surface area contributed by atoms with E-state index < -0.39 is 36.0 Å². The average molecular weight is 384 g/mol. The molecule has 1 heterocycles. The third-order valence-corrected chi connectivity index (χ3v) is 5.38. The van der Waals surface area contributed by atoms with Crippen LogP contribution in [0.1, 0.15) is 37.5 Å². The van der Waals surface area contributed by atoms with Gasteiger partial charge in [-0.3, -0.25) is 0 Å². The Morgan fingerprint density at radius 2 is 1.65 bits per heavy atom. The minimum absolute atomic E-state index is 0.303. The van der Waals surface area contributed by atoms with Crippen molar-refractivity contribution in [1.82, 2.24) is 0 Å². The van der Waals surface area contributed by atoms with Crippen molar-refractivity contribution in [3.63, 3.8) is 0 Å². The van der Waals surface area contributed by atoms with Gasteiger partial charge in [0.05, 0.1) is 31.3 Å². The molecule has 0 aliphatic carbocycles. The highest BCUT2D eigenvalue weighted by Gasteiger charge is 2.65. The smallest absolute Gasteiger partial charge is 0.392 e. The topological polar surface area (TPSA) is 58.9 Å². The predicted octanol–water partition coefficient (Wildman–Crippen LogP) is 3.48. The molecule has 0 saturated carbocycles. The molecule has 9 heteroatoms. The number of ether oxygens (including phenoxy) is 2. The van der Waals surface area contributed by atoms with Gasteiger partial charge in [-0.15, -0.1) is 0 Å². The van der Waals surface area contributed by atoms with Gasteiger partial charge in [0.2, 0.25) is 0 Å². The van der Waals surface area contributed by atoms with E-state index >= 15 is 0 Å². The Balaban J connectivity index is 2.31. The van der Waals surface area contributed by atoms with E-state index in [0.717, 1.165) is 0 Å². The molecule has 3 atom stereocenters. The maximum Gasteiger partial charge on any atom is 0.482 e. The quantitative estimate of drug-likeness (QED) is 0.738. The molecule has 0 aromatic heterocycles. The summed E-state index contributed by atoms with van der Waals surface area (Å²) in [4.78, 5) is 0. The van der Waals surface area contributed by atoms with E-state index in [1.165, 1.54) is 13.0 Å². The number of halogens is 5. The molecular weight excluding hydrogens is 363 g/mol. The summed E-state index contributed by atoms with van der Waals surface area (Å²) >= 11 is 0. The molecule has 1 aromatic carbocycles. The molecule has 148 valence electrons. The Labute approximate surface area is 147 Å². The molecule has 1 saturated heterocycles. The Morgan fingerprint density at radius 3 is 2.12 bits per heavy atom. The summed E-state index contributed by atoms with van der Waals surface area (Å²) in [5.74, 6) is 0. The molecule has 26 heavy (non-hydrogen) atoms. The molecule has 1 aliphatic rings. The fraction of sp³-hybridized carbons (Fsp3) is 0.647. The summed E-state index contributed by atoms with van der Waals surface area (Å²) in [5.41, 5.74) is -0.994. The van der Waals surface area contributed by atoms with Gasteiger partial charge in [-0.05, 0) is 30.5 Å². The summed E-state index contributed by atoms with van der Waals surface area (Å²) in [7, 11) is 0. The van der Waals surface area contributed by atoms with E-state index in [4.69, 9.17) is 4.74 Å². The largest absolute Gasteiger partial charge is 0.482 e. The van der Waals surface area contributed by atoms with E-state index in [-0.39, 0.29) is 13.2 Å². The summed E-state index contributed by atoms with van der Waals surface area (Å²) in [6.07, 6.45) is -11.7. The van der Waals surface area contributed by atoms with Crippen LogP contribution in [0, 0.1) is 5.41 Å². The number of benzene rings is 1. The first-order valence-corrected chi connectivity index (χ1v) is 7.92. The average Bonchev–Trinajstić information content (AvgIpc) is 2.57. The number of hydrogen-bond acceptors (Lipinski definition) is 4. The highest BCUT2D eigenvalue weighted by atomic mass is 19.4. The van der Waals surface area contributed by atoms with E-state index in [9.17, 15) is 32.2 Å². The first-order valence-electron chi connectivity index (χ1n) is 7.92. The van der Waals surface area contributed by atoms with Crippen LogP contribution < -0.4 is 0 Å². The highest BCUT2D eigenvalue weighted by Crippen LogP contribution is 2.57. The second kappa shape index (κ2) is 6.70. The van der Waals surface area contributed by atoms with Gasteiger partial charge in [0.1, 0.15) is 5.60 Å². The van der Waals surface area contributed by atoms with E-state index in [1.54, 1.807) is 26.0 Å². The van der Waals surface area contributed by atoms with Crippen molar-refractivity contribution >= 4 is 0 Å². The molecule has 2 N–H and O–H groups in total. The van der Waals surface area contributed by atoms with Crippen molar-refractivity contribution < 1.29 is 41.6 Å². The van der Waals surface area contributed by atoms with Gasteiger partial charge < -0.3 is 19.7 Å². The maximum absolute atomic E-state index is 13.2. The number of rotatable bonds is 6. The first-order chi connectivity index (χ1) is 11.8. The zero-order chi connectivity index (χ0) is 20.0. The molecule has 2 rings (SSSR count). The summed E-state index contributed by atoms with van der Waals surface area (Å²) < 4.78 is 73.1. The monoisotopic (exact) mass is 384 g/mol. The summed E-state index contributed by atoms with van der Waals surface area (Å²) in [6, 6.07) is 4.67. The number of aliphatic hydroxyl groups excluding tert-OH is 2. The summed E-state index contributed by atoms with van der Waals surface area (Å²) in [6.45, 7) is 3.08. The number of alkyl halides is 5. The van der Waals surface area contributed by atoms with Crippen molar-refractivity contribution in [3.8, 4) is 0 Å². The molecule has 0 amide bonds. The molecule has 3 unspecified atom stereocenters. The lowest BCUT2D eigenvalue weighted by atomic mass is 9.62. The number of aliphatic hydroxyl groups is 2. The van der Waals surface area contributed by atoms with Crippen LogP contribution in [0.15, 0.2) is 18.2 Å². The maximum atomic E-state index is 13.2. The minimum Gasteiger partial charge on any atom is -0.392 e. The SMILES string of the molecule is CC1OC(C)(c2ccc(CO)c(CO)c2)C1(C)COC(F)(F)C(F)(F)F. The van der Waals surface area contributed by atoms with Crippen LogP contribution in [-0.4, -0.2) is 35.2 Å². The molecule has 0 bridgehead atoms. The summed E-state index contributed by atoms with van der Waals surface area (Å²) in [5, 5.41) is 18.7. The van der Waals surface area contributed by atoms with Crippen LogP contribution >= 0.6 is 0 Å². The van der Waals surface area contributed by atoms with Crippen LogP contribution in [-0.2, 0) is 28.3 Å². The van der Waals surface area contributed by atoms with Crippen molar-refractivity contribution in [1.29, 1.82) is 0 Å². The van der Waals surface area contributed by atoms with Crippen LogP contribution in [0.5, 0.6) is 0 Å². The molecular formula is C17H21F5O4. The predicted molar refractivity (Wildman–Crippen MR) is 81.2 cm³/mol. The Hall–Kier alpha value is -1.29. The zero-order valence-corrected chi connectivity index (χ0v) is 14.5. The zero-order valence-electron chi connectivity index (χ0n) is 14.5. The van der Waals surface area contributed by atoms with Crippen molar-refractivity contribution in [2.24, 2.45) is 5.41 Å².